The largest absolute Gasteiger partial charge is 0.416 e. The average Bonchev–Trinajstić information content (AvgIpc) is 2.92. The Hall–Kier alpha value is -2.27. The van der Waals surface area contributed by atoms with Crippen LogP contribution in [0.15, 0.2) is 18.2 Å². The number of thiazole rings is 1. The third kappa shape index (κ3) is 3.56. The zero-order valence-electron chi connectivity index (χ0n) is 13.9. The number of aryl methyl sites for hydroxylation is 2. The lowest BCUT2D eigenvalue weighted by molar-refractivity contribution is -0.137. The minimum Gasteiger partial charge on any atom is -0.367 e. The second-order valence-electron chi connectivity index (χ2n) is 5.95. The van der Waals surface area contributed by atoms with Crippen molar-refractivity contribution in [3.8, 4) is 6.07 Å². The van der Waals surface area contributed by atoms with Crippen LogP contribution >= 0.6 is 11.3 Å². The molecule has 0 amide bonds. The molecule has 1 fully saturated rings. The number of nitriles is 1. The topological polar surface area (TPSA) is 43.2 Å². The van der Waals surface area contributed by atoms with E-state index < -0.39 is 11.7 Å². The molecule has 1 saturated heterocycles. The Bertz CT molecular complexity index is 795. The van der Waals surface area contributed by atoms with Crippen LogP contribution in [-0.4, -0.2) is 31.2 Å². The fourth-order valence-electron chi connectivity index (χ4n) is 2.81. The smallest absolute Gasteiger partial charge is 0.367 e. The average molecular weight is 366 g/mol. The van der Waals surface area contributed by atoms with Gasteiger partial charge in [-0.2, -0.15) is 18.4 Å². The first kappa shape index (κ1) is 17.5. The van der Waals surface area contributed by atoms with Crippen LogP contribution in [0.1, 0.15) is 21.7 Å². The molecule has 2 heterocycles. The van der Waals surface area contributed by atoms with Crippen LogP contribution in [0.4, 0.5) is 24.0 Å². The number of benzene rings is 1. The van der Waals surface area contributed by atoms with Gasteiger partial charge >= 0.3 is 6.18 Å². The molecule has 8 heteroatoms. The number of hydrogen-bond acceptors (Lipinski definition) is 5. The summed E-state index contributed by atoms with van der Waals surface area (Å²) in [7, 11) is 0. The molecular formula is C17H17F3N4S. The quantitative estimate of drug-likeness (QED) is 0.806. The molecule has 3 rings (SSSR count). The van der Waals surface area contributed by atoms with E-state index in [1.165, 1.54) is 10.9 Å². The SMILES string of the molecule is Cc1nc(N2CCN(c3ccc(C(F)(F)F)cc3C#N)CC2)sc1C. The third-order valence-corrected chi connectivity index (χ3v) is 5.49. The number of aromatic nitrogens is 1. The molecule has 0 saturated carbocycles. The molecule has 0 unspecified atom stereocenters. The van der Waals surface area contributed by atoms with Crippen molar-refractivity contribution in [3.63, 3.8) is 0 Å². The molecule has 2 aromatic rings. The first-order chi connectivity index (χ1) is 11.8. The van der Waals surface area contributed by atoms with Gasteiger partial charge in [-0.3, -0.25) is 0 Å². The predicted octanol–water partition coefficient (Wildman–Crippen LogP) is 3.98. The van der Waals surface area contributed by atoms with E-state index in [9.17, 15) is 18.4 Å². The van der Waals surface area contributed by atoms with Crippen molar-refractivity contribution in [3.05, 3.63) is 39.9 Å². The fraction of sp³-hybridized carbons (Fsp3) is 0.412. The van der Waals surface area contributed by atoms with Crippen LogP contribution < -0.4 is 9.80 Å². The molecule has 132 valence electrons. The molecule has 0 bridgehead atoms. The minimum absolute atomic E-state index is 0.0595. The second kappa shape index (κ2) is 6.56. The normalized spacial score (nSPS) is 15.4. The summed E-state index contributed by atoms with van der Waals surface area (Å²) >= 11 is 1.65. The summed E-state index contributed by atoms with van der Waals surface area (Å²) in [6, 6.07) is 5.25. The molecule has 0 N–H and O–H groups in total. The summed E-state index contributed by atoms with van der Waals surface area (Å²) in [6.07, 6.45) is -4.44. The number of anilines is 2. The van der Waals surface area contributed by atoms with Gasteiger partial charge in [-0.25, -0.2) is 4.98 Å². The van der Waals surface area contributed by atoms with E-state index in [1.54, 1.807) is 11.3 Å². The first-order valence-electron chi connectivity index (χ1n) is 7.85. The Balaban J connectivity index is 1.76. The van der Waals surface area contributed by atoms with E-state index in [0.29, 0.717) is 18.8 Å². The number of alkyl halides is 3. The minimum atomic E-state index is -4.44. The molecule has 0 atom stereocenters. The van der Waals surface area contributed by atoms with E-state index in [1.807, 2.05) is 24.8 Å². The van der Waals surface area contributed by atoms with Crippen LogP contribution in [0, 0.1) is 25.2 Å². The van der Waals surface area contributed by atoms with Crippen molar-refractivity contribution in [1.82, 2.24) is 4.98 Å². The van der Waals surface area contributed by atoms with E-state index >= 15 is 0 Å². The van der Waals surface area contributed by atoms with Gasteiger partial charge in [0, 0.05) is 31.1 Å². The highest BCUT2D eigenvalue weighted by atomic mass is 32.1. The van der Waals surface area contributed by atoms with Gasteiger partial charge in [0.05, 0.1) is 22.5 Å². The van der Waals surface area contributed by atoms with Gasteiger partial charge < -0.3 is 9.80 Å². The zero-order chi connectivity index (χ0) is 18.2. The van der Waals surface area contributed by atoms with Crippen molar-refractivity contribution >= 4 is 22.2 Å². The number of rotatable bonds is 2. The van der Waals surface area contributed by atoms with Crippen molar-refractivity contribution in [2.45, 2.75) is 20.0 Å². The van der Waals surface area contributed by atoms with Crippen molar-refractivity contribution in [2.24, 2.45) is 0 Å². The summed E-state index contributed by atoms with van der Waals surface area (Å²) < 4.78 is 38.4. The third-order valence-electron chi connectivity index (χ3n) is 4.35. The summed E-state index contributed by atoms with van der Waals surface area (Å²) in [5.41, 5.74) is 0.850. The van der Waals surface area contributed by atoms with Crippen molar-refractivity contribution < 1.29 is 13.2 Å². The van der Waals surface area contributed by atoms with Gasteiger partial charge in [-0.05, 0) is 32.0 Å². The molecular weight excluding hydrogens is 349 g/mol. The molecule has 1 aromatic carbocycles. The van der Waals surface area contributed by atoms with E-state index in [4.69, 9.17) is 0 Å². The summed E-state index contributed by atoms with van der Waals surface area (Å²) in [6.45, 7) is 6.73. The fourth-order valence-corrected chi connectivity index (χ4v) is 3.77. The van der Waals surface area contributed by atoms with Gasteiger partial charge in [0.15, 0.2) is 5.13 Å². The summed E-state index contributed by atoms with van der Waals surface area (Å²) in [4.78, 5) is 9.88. The van der Waals surface area contributed by atoms with Crippen LogP contribution in [0.2, 0.25) is 0 Å². The number of nitrogens with zero attached hydrogens (tertiary/aromatic N) is 4. The Morgan fingerprint density at radius 1 is 1.12 bits per heavy atom. The van der Waals surface area contributed by atoms with Crippen LogP contribution in [-0.2, 0) is 6.18 Å². The highest BCUT2D eigenvalue weighted by Gasteiger charge is 2.32. The zero-order valence-corrected chi connectivity index (χ0v) is 14.7. The van der Waals surface area contributed by atoms with E-state index in [0.717, 1.165) is 36.0 Å². The molecule has 0 aliphatic carbocycles. The highest BCUT2D eigenvalue weighted by Crippen LogP contribution is 2.33. The molecule has 1 aliphatic rings. The Morgan fingerprint density at radius 2 is 1.76 bits per heavy atom. The van der Waals surface area contributed by atoms with Gasteiger partial charge in [0.2, 0.25) is 0 Å². The Labute approximate surface area is 148 Å². The van der Waals surface area contributed by atoms with Crippen LogP contribution in [0.3, 0.4) is 0 Å². The lowest BCUT2D eigenvalue weighted by Crippen LogP contribution is -2.46. The maximum atomic E-state index is 12.8. The van der Waals surface area contributed by atoms with Gasteiger partial charge in [-0.1, -0.05) is 0 Å². The lowest BCUT2D eigenvalue weighted by Gasteiger charge is -2.36. The molecule has 25 heavy (non-hydrogen) atoms. The lowest BCUT2D eigenvalue weighted by atomic mass is 10.1. The molecule has 1 aliphatic heterocycles. The maximum Gasteiger partial charge on any atom is 0.416 e. The van der Waals surface area contributed by atoms with E-state index in [2.05, 4.69) is 9.88 Å². The molecule has 0 radical (unpaired) electrons. The number of piperazine rings is 1. The number of hydrogen-bond donors (Lipinski definition) is 0. The summed E-state index contributed by atoms with van der Waals surface area (Å²) in [5.74, 6) is 0. The van der Waals surface area contributed by atoms with E-state index in [-0.39, 0.29) is 5.56 Å². The van der Waals surface area contributed by atoms with Crippen molar-refractivity contribution in [1.29, 1.82) is 5.26 Å². The second-order valence-corrected chi connectivity index (χ2v) is 7.14. The Kier molecular flexibility index (Phi) is 4.60. The molecule has 0 spiro atoms. The standard InChI is InChI=1S/C17H17F3N4S/c1-11-12(2)25-16(22-11)24-7-5-23(6-8-24)15-4-3-14(17(18,19)20)9-13(15)10-21/h3-4,9H,5-8H2,1-2H3. The molecule has 1 aromatic heterocycles. The monoisotopic (exact) mass is 366 g/mol. The maximum absolute atomic E-state index is 12.8. The van der Waals surface area contributed by atoms with Gasteiger partial charge in [-0.15, -0.1) is 11.3 Å². The molecule has 4 nitrogen and oxygen atoms in total. The Morgan fingerprint density at radius 3 is 2.28 bits per heavy atom. The first-order valence-corrected chi connectivity index (χ1v) is 8.66. The van der Waals surface area contributed by atoms with Gasteiger partial charge in [0.25, 0.3) is 0 Å². The predicted molar refractivity (Wildman–Crippen MR) is 92.2 cm³/mol. The van der Waals surface area contributed by atoms with Crippen molar-refractivity contribution in [2.75, 3.05) is 36.0 Å². The van der Waals surface area contributed by atoms with Gasteiger partial charge in [0.1, 0.15) is 6.07 Å². The number of halogens is 3. The van der Waals surface area contributed by atoms with Crippen LogP contribution in [0.5, 0.6) is 0 Å². The highest BCUT2D eigenvalue weighted by molar-refractivity contribution is 7.15. The summed E-state index contributed by atoms with van der Waals surface area (Å²) in [5, 5.41) is 10.2. The van der Waals surface area contributed by atoms with Crippen LogP contribution in [0.25, 0.3) is 0 Å².